The van der Waals surface area contributed by atoms with Gasteiger partial charge in [-0.05, 0) is 54.7 Å². The van der Waals surface area contributed by atoms with E-state index in [1.165, 1.54) is 5.56 Å². The zero-order chi connectivity index (χ0) is 33.4. The van der Waals surface area contributed by atoms with Crippen molar-refractivity contribution in [2.24, 2.45) is 5.92 Å². The predicted molar refractivity (Wildman–Crippen MR) is 178 cm³/mol. The molecule has 0 aliphatic rings. The van der Waals surface area contributed by atoms with Gasteiger partial charge in [-0.2, -0.15) is 0 Å². The number of rotatable bonds is 17. The number of nitrogens with zero attached hydrogens (tertiary/aromatic N) is 1. The van der Waals surface area contributed by atoms with E-state index >= 15 is 0 Å². The number of hydrogen-bond acceptors (Lipinski definition) is 7. The number of ether oxygens (including phenoxy) is 1. The van der Waals surface area contributed by atoms with Crippen molar-refractivity contribution in [2.45, 2.75) is 64.6 Å². The summed E-state index contributed by atoms with van der Waals surface area (Å²) in [6.07, 6.45) is 2.98. The molecule has 47 heavy (non-hydrogen) atoms. The number of alkyl carbamates (subject to hydrolysis) is 1. The number of ketones is 1. The van der Waals surface area contributed by atoms with Gasteiger partial charge in [-0.1, -0.05) is 105 Å². The standard InChI is InChI=1S/C37H42N4O6/c1-26(2)23-31(41-37(45)47-24-29-17-10-5-11-18-29)35(44)39-30(21-20-28-15-8-4-9-16-28)33(42)36-40-32(25-46-36)34(43)38-22-12-19-27-13-6-3-7-14-27/h3-11,13-18,25-26,30-31H,12,19-24H2,1-2H3,(H,38,43)(H,39,44)(H,41,45). The first kappa shape index (κ1) is 34.6. The van der Waals surface area contributed by atoms with Crippen LogP contribution in [0.25, 0.3) is 0 Å². The zero-order valence-electron chi connectivity index (χ0n) is 26.8. The third-order valence-corrected chi connectivity index (χ3v) is 7.44. The summed E-state index contributed by atoms with van der Waals surface area (Å²) < 4.78 is 10.8. The van der Waals surface area contributed by atoms with E-state index < -0.39 is 35.8 Å². The molecule has 0 aliphatic heterocycles. The third kappa shape index (κ3) is 11.6. The molecule has 3 amide bonds. The minimum atomic E-state index is -1.03. The van der Waals surface area contributed by atoms with E-state index in [2.05, 4.69) is 20.9 Å². The highest BCUT2D eigenvalue weighted by molar-refractivity contribution is 6.00. The van der Waals surface area contributed by atoms with Gasteiger partial charge in [-0.25, -0.2) is 9.78 Å². The Morgan fingerprint density at radius 3 is 1.98 bits per heavy atom. The molecule has 3 N–H and O–H groups in total. The lowest BCUT2D eigenvalue weighted by atomic mass is 9.99. The van der Waals surface area contributed by atoms with Gasteiger partial charge in [-0.15, -0.1) is 0 Å². The average Bonchev–Trinajstić information content (AvgIpc) is 3.59. The maximum atomic E-state index is 13.7. The van der Waals surface area contributed by atoms with Crippen LogP contribution in [-0.4, -0.2) is 47.3 Å². The SMILES string of the molecule is CC(C)CC(NC(=O)OCc1ccccc1)C(=O)NC(CCc1ccccc1)C(=O)c1nc(C(=O)NCCCc2ccccc2)co1. The molecule has 0 aliphatic carbocycles. The van der Waals surface area contributed by atoms with Gasteiger partial charge in [0.2, 0.25) is 11.7 Å². The maximum absolute atomic E-state index is 13.7. The van der Waals surface area contributed by atoms with Gasteiger partial charge in [0.25, 0.3) is 11.8 Å². The zero-order valence-corrected chi connectivity index (χ0v) is 26.8. The summed E-state index contributed by atoms with van der Waals surface area (Å²) in [6, 6.07) is 26.7. The van der Waals surface area contributed by atoms with Crippen LogP contribution in [0.2, 0.25) is 0 Å². The second-order valence-electron chi connectivity index (χ2n) is 11.7. The molecule has 4 rings (SSSR count). The van der Waals surface area contributed by atoms with Crippen molar-refractivity contribution in [2.75, 3.05) is 6.54 Å². The van der Waals surface area contributed by atoms with Crippen molar-refractivity contribution < 1.29 is 28.3 Å². The molecule has 0 radical (unpaired) electrons. The van der Waals surface area contributed by atoms with Crippen LogP contribution in [0.4, 0.5) is 4.79 Å². The summed E-state index contributed by atoms with van der Waals surface area (Å²) in [4.78, 5) is 56.8. The molecule has 4 aromatic rings. The molecule has 246 valence electrons. The molecule has 2 unspecified atom stereocenters. The number of carbonyl (C=O) groups is 4. The minimum Gasteiger partial charge on any atom is -0.445 e. The van der Waals surface area contributed by atoms with Gasteiger partial charge in [0.1, 0.15) is 18.9 Å². The molecule has 3 aromatic carbocycles. The van der Waals surface area contributed by atoms with Gasteiger partial charge < -0.3 is 25.1 Å². The summed E-state index contributed by atoms with van der Waals surface area (Å²) in [5.41, 5.74) is 2.94. The first-order valence-corrected chi connectivity index (χ1v) is 15.9. The average molecular weight is 639 g/mol. The van der Waals surface area contributed by atoms with Crippen LogP contribution in [0.1, 0.15) is 71.0 Å². The summed E-state index contributed by atoms with van der Waals surface area (Å²) >= 11 is 0. The normalized spacial score (nSPS) is 12.1. The Morgan fingerprint density at radius 2 is 1.36 bits per heavy atom. The summed E-state index contributed by atoms with van der Waals surface area (Å²) in [7, 11) is 0. The minimum absolute atomic E-state index is 0.0262. The quantitative estimate of drug-likeness (QED) is 0.0999. The lowest BCUT2D eigenvalue weighted by Crippen LogP contribution is -2.52. The van der Waals surface area contributed by atoms with Gasteiger partial charge in [0, 0.05) is 6.54 Å². The van der Waals surface area contributed by atoms with Crippen molar-refractivity contribution in [1.29, 1.82) is 0 Å². The van der Waals surface area contributed by atoms with Gasteiger partial charge >= 0.3 is 6.09 Å². The Labute approximate surface area is 275 Å². The lowest BCUT2D eigenvalue weighted by Gasteiger charge is -2.23. The van der Waals surface area contributed by atoms with Crippen LogP contribution in [0, 0.1) is 5.92 Å². The third-order valence-electron chi connectivity index (χ3n) is 7.44. The number of hydrogen-bond donors (Lipinski definition) is 3. The highest BCUT2D eigenvalue weighted by Crippen LogP contribution is 2.14. The summed E-state index contributed by atoms with van der Waals surface area (Å²) in [5, 5.41) is 8.27. The predicted octanol–water partition coefficient (Wildman–Crippen LogP) is 5.68. The van der Waals surface area contributed by atoms with E-state index in [1.807, 2.05) is 105 Å². The van der Waals surface area contributed by atoms with E-state index in [1.54, 1.807) is 0 Å². The van der Waals surface area contributed by atoms with E-state index in [-0.39, 0.29) is 30.5 Å². The van der Waals surface area contributed by atoms with Gasteiger partial charge in [-0.3, -0.25) is 14.4 Å². The van der Waals surface area contributed by atoms with Crippen molar-refractivity contribution >= 4 is 23.7 Å². The van der Waals surface area contributed by atoms with Crippen LogP contribution >= 0.6 is 0 Å². The fraction of sp³-hybridized carbons (Fsp3) is 0.324. The van der Waals surface area contributed by atoms with Crippen LogP contribution in [0.3, 0.4) is 0 Å². The van der Waals surface area contributed by atoms with Gasteiger partial charge in [0.15, 0.2) is 5.69 Å². The Kier molecular flexibility index (Phi) is 13.3. The number of Topliss-reactive ketones (excluding diaryl/α,β-unsaturated/α-hetero) is 1. The number of benzene rings is 3. The fourth-order valence-electron chi connectivity index (χ4n) is 4.98. The van der Waals surface area contributed by atoms with Crippen molar-refractivity contribution in [3.05, 3.63) is 126 Å². The molecule has 0 fully saturated rings. The number of carbonyl (C=O) groups excluding carboxylic acids is 4. The van der Waals surface area contributed by atoms with Crippen LogP contribution in [0.5, 0.6) is 0 Å². The van der Waals surface area contributed by atoms with Crippen LogP contribution < -0.4 is 16.0 Å². The number of nitrogens with one attached hydrogen (secondary N) is 3. The maximum Gasteiger partial charge on any atom is 0.408 e. The Bertz CT molecular complexity index is 1570. The number of aryl methyl sites for hydroxylation is 2. The summed E-state index contributed by atoms with van der Waals surface area (Å²) in [5.74, 6) is -1.80. The van der Waals surface area contributed by atoms with Crippen LogP contribution in [0.15, 0.2) is 102 Å². The molecule has 0 spiro atoms. The van der Waals surface area contributed by atoms with E-state index in [0.717, 1.165) is 30.2 Å². The molecule has 1 heterocycles. The number of amides is 3. The number of oxazole rings is 1. The van der Waals surface area contributed by atoms with Crippen LogP contribution in [-0.2, 0) is 29.0 Å². The van der Waals surface area contributed by atoms with E-state index in [0.29, 0.717) is 19.4 Å². The molecule has 0 saturated carbocycles. The molecule has 10 heteroatoms. The van der Waals surface area contributed by atoms with Crippen molar-refractivity contribution in [3.8, 4) is 0 Å². The summed E-state index contributed by atoms with van der Waals surface area (Å²) in [6.45, 7) is 4.33. The highest BCUT2D eigenvalue weighted by atomic mass is 16.5. The monoisotopic (exact) mass is 638 g/mol. The molecular formula is C37H42N4O6. The second-order valence-corrected chi connectivity index (χ2v) is 11.7. The molecule has 0 saturated heterocycles. The Balaban J connectivity index is 1.40. The highest BCUT2D eigenvalue weighted by Gasteiger charge is 2.31. The number of aromatic nitrogens is 1. The van der Waals surface area contributed by atoms with Crippen molar-refractivity contribution in [1.82, 2.24) is 20.9 Å². The topological polar surface area (TPSA) is 140 Å². The Hall–Kier alpha value is -5.25. The first-order chi connectivity index (χ1) is 22.8. The van der Waals surface area contributed by atoms with E-state index in [9.17, 15) is 19.2 Å². The molecule has 1 aromatic heterocycles. The molecular weight excluding hydrogens is 596 g/mol. The smallest absolute Gasteiger partial charge is 0.408 e. The van der Waals surface area contributed by atoms with Crippen molar-refractivity contribution in [3.63, 3.8) is 0 Å². The second kappa shape index (κ2) is 18.0. The van der Waals surface area contributed by atoms with Gasteiger partial charge in [0.05, 0.1) is 6.04 Å². The molecule has 0 bridgehead atoms. The Morgan fingerprint density at radius 1 is 0.766 bits per heavy atom. The lowest BCUT2D eigenvalue weighted by molar-refractivity contribution is -0.124. The molecule has 2 atom stereocenters. The largest absolute Gasteiger partial charge is 0.445 e. The molecule has 10 nitrogen and oxygen atoms in total. The fourth-order valence-corrected chi connectivity index (χ4v) is 4.98. The van der Waals surface area contributed by atoms with E-state index in [4.69, 9.17) is 9.15 Å². The first-order valence-electron chi connectivity index (χ1n) is 15.9.